The lowest BCUT2D eigenvalue weighted by atomic mass is 9.93. The molecule has 1 saturated carbocycles. The van der Waals surface area contributed by atoms with Crippen molar-refractivity contribution >= 4 is 27.3 Å². The van der Waals surface area contributed by atoms with Gasteiger partial charge in [-0.1, -0.05) is 12.8 Å². The number of aliphatic hydroxyl groups is 1. The fourth-order valence-electron chi connectivity index (χ4n) is 2.26. The lowest BCUT2D eigenvalue weighted by Crippen LogP contribution is -2.45. The topological polar surface area (TPSA) is 92.7 Å². The van der Waals surface area contributed by atoms with Crippen molar-refractivity contribution in [2.75, 3.05) is 7.11 Å². The number of methoxy groups -OCH3 is 1. The second-order valence-corrected chi connectivity index (χ2v) is 7.28. The van der Waals surface area contributed by atoms with Crippen molar-refractivity contribution in [1.82, 2.24) is 4.72 Å². The monoisotopic (exact) mass is 319 g/mol. The standard InChI is InChI=1S/C12H17NO5S2/c1-18-12(15)11-10(6-7-19-11)20(16,17)13-8-4-2-3-5-9(8)14/h6-9,13-14H,2-5H2,1H3. The van der Waals surface area contributed by atoms with E-state index in [0.717, 1.165) is 24.2 Å². The Kier molecular flexibility index (Phi) is 4.79. The number of sulfonamides is 1. The van der Waals surface area contributed by atoms with Crippen LogP contribution >= 0.6 is 11.3 Å². The van der Waals surface area contributed by atoms with Gasteiger partial charge in [-0.25, -0.2) is 17.9 Å². The van der Waals surface area contributed by atoms with E-state index in [4.69, 9.17) is 0 Å². The number of ether oxygens (including phenoxy) is 1. The second kappa shape index (κ2) is 6.21. The van der Waals surface area contributed by atoms with Gasteiger partial charge in [0.05, 0.1) is 13.2 Å². The van der Waals surface area contributed by atoms with E-state index in [1.807, 2.05) is 0 Å². The van der Waals surface area contributed by atoms with Gasteiger partial charge in [0.2, 0.25) is 10.0 Å². The molecule has 0 spiro atoms. The molecule has 1 aliphatic rings. The van der Waals surface area contributed by atoms with Crippen molar-refractivity contribution in [2.45, 2.75) is 42.7 Å². The van der Waals surface area contributed by atoms with E-state index in [-0.39, 0.29) is 9.77 Å². The van der Waals surface area contributed by atoms with Crippen molar-refractivity contribution in [3.05, 3.63) is 16.3 Å². The van der Waals surface area contributed by atoms with E-state index in [2.05, 4.69) is 9.46 Å². The van der Waals surface area contributed by atoms with Gasteiger partial charge in [0, 0.05) is 6.04 Å². The quantitative estimate of drug-likeness (QED) is 0.811. The number of esters is 1. The van der Waals surface area contributed by atoms with Gasteiger partial charge >= 0.3 is 5.97 Å². The summed E-state index contributed by atoms with van der Waals surface area (Å²) in [5, 5.41) is 11.4. The summed E-state index contributed by atoms with van der Waals surface area (Å²) >= 11 is 1.02. The Bertz CT molecular complexity index is 580. The van der Waals surface area contributed by atoms with E-state index in [1.165, 1.54) is 18.6 Å². The van der Waals surface area contributed by atoms with E-state index in [1.54, 1.807) is 0 Å². The molecule has 1 aromatic rings. The number of thiophene rings is 1. The number of rotatable bonds is 4. The molecular weight excluding hydrogens is 302 g/mol. The first-order chi connectivity index (χ1) is 9.45. The van der Waals surface area contributed by atoms with Crippen LogP contribution in [-0.4, -0.2) is 38.7 Å². The zero-order chi connectivity index (χ0) is 14.8. The molecule has 8 heteroatoms. The molecule has 1 fully saturated rings. The van der Waals surface area contributed by atoms with Crippen molar-refractivity contribution < 1.29 is 23.1 Å². The van der Waals surface area contributed by atoms with Gasteiger partial charge in [-0.15, -0.1) is 11.3 Å². The van der Waals surface area contributed by atoms with Crippen LogP contribution in [0.2, 0.25) is 0 Å². The van der Waals surface area contributed by atoms with Gasteiger partial charge in [-0.2, -0.15) is 0 Å². The van der Waals surface area contributed by atoms with Gasteiger partial charge < -0.3 is 9.84 Å². The molecule has 1 aliphatic carbocycles. The van der Waals surface area contributed by atoms with Gasteiger partial charge in [0.1, 0.15) is 9.77 Å². The minimum Gasteiger partial charge on any atom is -0.465 e. The van der Waals surface area contributed by atoms with Crippen LogP contribution in [-0.2, 0) is 14.8 Å². The first kappa shape index (κ1) is 15.4. The molecule has 0 radical (unpaired) electrons. The van der Waals surface area contributed by atoms with Crippen LogP contribution in [0, 0.1) is 0 Å². The minimum atomic E-state index is -3.84. The molecule has 0 amide bonds. The fourth-order valence-corrected chi connectivity index (χ4v) is 4.90. The molecule has 0 saturated heterocycles. The number of aliphatic hydroxyl groups excluding tert-OH is 1. The van der Waals surface area contributed by atoms with Crippen LogP contribution in [0.25, 0.3) is 0 Å². The Morgan fingerprint density at radius 2 is 2.15 bits per heavy atom. The Balaban J connectivity index is 2.22. The third-order valence-corrected chi connectivity index (χ3v) is 5.88. The van der Waals surface area contributed by atoms with Crippen molar-refractivity contribution in [1.29, 1.82) is 0 Å². The molecule has 2 N–H and O–H groups in total. The maximum absolute atomic E-state index is 12.3. The fraction of sp³-hybridized carbons (Fsp3) is 0.583. The highest BCUT2D eigenvalue weighted by Crippen LogP contribution is 2.25. The van der Waals surface area contributed by atoms with E-state index >= 15 is 0 Å². The summed E-state index contributed by atoms with van der Waals surface area (Å²) in [4.78, 5) is 11.5. The van der Waals surface area contributed by atoms with Crippen LogP contribution in [0.1, 0.15) is 35.4 Å². The highest BCUT2D eigenvalue weighted by atomic mass is 32.2. The highest BCUT2D eigenvalue weighted by molar-refractivity contribution is 7.89. The Labute approximate surface area is 121 Å². The summed E-state index contributed by atoms with van der Waals surface area (Å²) in [6.07, 6.45) is 2.26. The molecular formula is C12H17NO5S2. The molecule has 112 valence electrons. The van der Waals surface area contributed by atoms with Crippen LogP contribution in [0.5, 0.6) is 0 Å². The third kappa shape index (κ3) is 3.20. The Morgan fingerprint density at radius 1 is 1.45 bits per heavy atom. The average molecular weight is 319 g/mol. The number of carbonyl (C=O) groups is 1. The van der Waals surface area contributed by atoms with Gasteiger partial charge in [0.15, 0.2) is 0 Å². The Hall–Kier alpha value is -0.960. The summed E-state index contributed by atoms with van der Waals surface area (Å²) in [7, 11) is -2.63. The molecule has 1 aromatic heterocycles. The predicted octanol–water partition coefficient (Wildman–Crippen LogP) is 1.12. The molecule has 20 heavy (non-hydrogen) atoms. The number of carbonyl (C=O) groups excluding carboxylic acids is 1. The molecule has 0 bridgehead atoms. The van der Waals surface area contributed by atoms with Gasteiger partial charge in [0.25, 0.3) is 0 Å². The maximum atomic E-state index is 12.3. The molecule has 2 atom stereocenters. The summed E-state index contributed by atoms with van der Waals surface area (Å²) in [5.41, 5.74) is 0. The van der Waals surface area contributed by atoms with Crippen molar-refractivity contribution in [3.63, 3.8) is 0 Å². The summed E-state index contributed by atoms with van der Waals surface area (Å²) < 4.78 is 31.7. The lowest BCUT2D eigenvalue weighted by molar-refractivity contribution is 0.0602. The van der Waals surface area contributed by atoms with E-state index in [0.29, 0.717) is 12.8 Å². The van der Waals surface area contributed by atoms with Gasteiger partial charge in [-0.05, 0) is 24.3 Å². The van der Waals surface area contributed by atoms with Crippen LogP contribution < -0.4 is 4.72 Å². The normalized spacial score (nSPS) is 23.5. The zero-order valence-electron chi connectivity index (χ0n) is 11.0. The van der Waals surface area contributed by atoms with E-state index < -0.39 is 28.1 Å². The largest absolute Gasteiger partial charge is 0.465 e. The lowest BCUT2D eigenvalue weighted by Gasteiger charge is -2.28. The summed E-state index contributed by atoms with van der Waals surface area (Å²) in [5.74, 6) is -0.676. The molecule has 2 rings (SSSR count). The van der Waals surface area contributed by atoms with Crippen LogP contribution in [0.4, 0.5) is 0 Å². The molecule has 1 heterocycles. The third-order valence-electron chi connectivity index (χ3n) is 3.33. The second-order valence-electron chi connectivity index (χ2n) is 4.69. The first-order valence-corrected chi connectivity index (χ1v) is 8.68. The summed E-state index contributed by atoms with van der Waals surface area (Å²) in [6.45, 7) is 0. The SMILES string of the molecule is COC(=O)c1sccc1S(=O)(=O)NC1CCCCC1O. The minimum absolute atomic E-state index is 0.0466. The molecule has 6 nitrogen and oxygen atoms in total. The number of nitrogens with one attached hydrogen (secondary N) is 1. The van der Waals surface area contributed by atoms with Gasteiger partial charge in [-0.3, -0.25) is 0 Å². The smallest absolute Gasteiger partial charge is 0.349 e. The molecule has 0 aromatic carbocycles. The summed E-state index contributed by atoms with van der Waals surface area (Å²) in [6, 6.07) is 0.869. The first-order valence-electron chi connectivity index (χ1n) is 6.32. The maximum Gasteiger partial charge on any atom is 0.349 e. The van der Waals surface area contributed by atoms with Crippen LogP contribution in [0.3, 0.4) is 0 Å². The molecule has 0 aliphatic heterocycles. The van der Waals surface area contributed by atoms with E-state index in [9.17, 15) is 18.3 Å². The average Bonchev–Trinajstić information content (AvgIpc) is 2.90. The Morgan fingerprint density at radius 3 is 2.80 bits per heavy atom. The predicted molar refractivity (Wildman–Crippen MR) is 74.2 cm³/mol. The molecule has 2 unspecified atom stereocenters. The van der Waals surface area contributed by atoms with Crippen molar-refractivity contribution in [2.24, 2.45) is 0 Å². The highest BCUT2D eigenvalue weighted by Gasteiger charge is 2.31. The van der Waals surface area contributed by atoms with Crippen LogP contribution in [0.15, 0.2) is 16.3 Å². The number of hydrogen-bond acceptors (Lipinski definition) is 6. The van der Waals surface area contributed by atoms with Crippen molar-refractivity contribution in [3.8, 4) is 0 Å². The number of hydrogen-bond donors (Lipinski definition) is 2. The zero-order valence-corrected chi connectivity index (χ0v) is 12.7.